The predicted molar refractivity (Wildman–Crippen MR) is 122 cm³/mol. The van der Waals surface area contributed by atoms with Crippen molar-refractivity contribution in [3.8, 4) is 17.2 Å². The molecule has 0 heterocycles. The van der Waals surface area contributed by atoms with Crippen molar-refractivity contribution in [2.75, 3.05) is 14.2 Å². The molecule has 7 heteroatoms. The molecule has 1 N–H and O–H groups in total. The zero-order valence-corrected chi connectivity index (χ0v) is 17.6. The lowest BCUT2D eigenvalue weighted by Crippen LogP contribution is -2.17. The fourth-order valence-corrected chi connectivity index (χ4v) is 2.71. The second kappa shape index (κ2) is 11.1. The van der Waals surface area contributed by atoms with Crippen molar-refractivity contribution in [3.05, 3.63) is 95.6 Å². The summed E-state index contributed by atoms with van der Waals surface area (Å²) >= 11 is 0. The lowest BCUT2D eigenvalue weighted by Gasteiger charge is -2.07. The molecule has 0 fully saturated rings. The first-order valence-electron chi connectivity index (χ1n) is 9.69. The molecular formula is C25H22N2O5. The van der Waals surface area contributed by atoms with Gasteiger partial charge in [-0.25, -0.2) is 10.2 Å². The van der Waals surface area contributed by atoms with Crippen LogP contribution in [0.5, 0.6) is 17.2 Å². The summed E-state index contributed by atoms with van der Waals surface area (Å²) in [5.74, 6) is 0.748. The summed E-state index contributed by atoms with van der Waals surface area (Å²) in [6.07, 6.45) is 4.46. The van der Waals surface area contributed by atoms with E-state index in [9.17, 15) is 9.59 Å². The van der Waals surface area contributed by atoms with Gasteiger partial charge >= 0.3 is 5.97 Å². The molecule has 0 aliphatic rings. The molecule has 3 rings (SSSR count). The van der Waals surface area contributed by atoms with E-state index in [0.29, 0.717) is 22.8 Å². The second-order valence-electron chi connectivity index (χ2n) is 6.50. The normalized spacial score (nSPS) is 10.8. The molecular weight excluding hydrogens is 408 g/mol. The third-order valence-electron chi connectivity index (χ3n) is 4.33. The van der Waals surface area contributed by atoms with Crippen molar-refractivity contribution in [2.24, 2.45) is 5.10 Å². The van der Waals surface area contributed by atoms with Crippen LogP contribution in [0.4, 0.5) is 0 Å². The Labute approximate surface area is 185 Å². The van der Waals surface area contributed by atoms with Crippen LogP contribution in [0.25, 0.3) is 6.08 Å². The molecule has 0 saturated heterocycles. The summed E-state index contributed by atoms with van der Waals surface area (Å²) < 4.78 is 15.7. The highest BCUT2D eigenvalue weighted by Gasteiger charge is 2.05. The van der Waals surface area contributed by atoms with Crippen LogP contribution < -0.4 is 19.6 Å². The van der Waals surface area contributed by atoms with Gasteiger partial charge in [-0.2, -0.15) is 5.10 Å². The quantitative estimate of drug-likeness (QED) is 0.191. The van der Waals surface area contributed by atoms with Crippen molar-refractivity contribution < 1.29 is 23.8 Å². The molecule has 0 saturated carbocycles. The van der Waals surface area contributed by atoms with Gasteiger partial charge in [0.25, 0.3) is 5.91 Å². The second-order valence-corrected chi connectivity index (χ2v) is 6.50. The Hall–Kier alpha value is -4.39. The molecule has 0 unspecified atom stereocenters. The van der Waals surface area contributed by atoms with E-state index in [4.69, 9.17) is 14.2 Å². The maximum Gasteiger partial charge on any atom is 0.336 e. The largest absolute Gasteiger partial charge is 0.493 e. The molecule has 162 valence electrons. The number of hydrogen-bond donors (Lipinski definition) is 1. The number of ether oxygens (including phenoxy) is 3. The zero-order chi connectivity index (χ0) is 22.8. The van der Waals surface area contributed by atoms with Gasteiger partial charge in [0, 0.05) is 11.6 Å². The summed E-state index contributed by atoms with van der Waals surface area (Å²) in [6, 6.07) is 20.8. The Balaban J connectivity index is 1.53. The molecule has 7 nitrogen and oxygen atoms in total. The van der Waals surface area contributed by atoms with Crippen molar-refractivity contribution in [1.82, 2.24) is 5.43 Å². The fraction of sp³-hybridized carbons (Fsp3) is 0.0800. The van der Waals surface area contributed by atoms with E-state index in [0.717, 1.165) is 11.1 Å². The van der Waals surface area contributed by atoms with Crippen molar-refractivity contribution >= 4 is 24.2 Å². The van der Waals surface area contributed by atoms with Crippen LogP contribution in [0, 0.1) is 0 Å². The van der Waals surface area contributed by atoms with E-state index >= 15 is 0 Å². The first kappa shape index (κ1) is 22.3. The molecule has 3 aromatic rings. The molecule has 0 atom stereocenters. The van der Waals surface area contributed by atoms with E-state index in [1.165, 1.54) is 12.3 Å². The van der Waals surface area contributed by atoms with Gasteiger partial charge in [-0.1, -0.05) is 24.3 Å². The van der Waals surface area contributed by atoms with E-state index in [1.807, 2.05) is 6.07 Å². The van der Waals surface area contributed by atoms with Crippen molar-refractivity contribution in [1.29, 1.82) is 0 Å². The SMILES string of the molecule is COc1ccc(/C=C/C(=O)Oc2ccc(/C=N/NC(=O)c3ccccc3)cc2)cc1OC. The highest BCUT2D eigenvalue weighted by Crippen LogP contribution is 2.28. The van der Waals surface area contributed by atoms with E-state index in [1.54, 1.807) is 87.0 Å². The Morgan fingerprint density at radius 3 is 2.22 bits per heavy atom. The molecule has 32 heavy (non-hydrogen) atoms. The van der Waals surface area contributed by atoms with Crippen LogP contribution in [-0.4, -0.2) is 32.3 Å². The van der Waals surface area contributed by atoms with Gasteiger partial charge in [-0.15, -0.1) is 0 Å². The van der Waals surface area contributed by atoms with Gasteiger partial charge < -0.3 is 14.2 Å². The number of hydrazone groups is 1. The average Bonchev–Trinajstić information content (AvgIpc) is 2.84. The Bertz CT molecular complexity index is 1120. The summed E-state index contributed by atoms with van der Waals surface area (Å²) in [6.45, 7) is 0. The zero-order valence-electron chi connectivity index (χ0n) is 17.6. The molecule has 0 aliphatic heterocycles. The number of nitrogens with zero attached hydrogens (tertiary/aromatic N) is 1. The molecule has 0 bridgehead atoms. The van der Waals surface area contributed by atoms with Gasteiger partial charge in [0.15, 0.2) is 11.5 Å². The van der Waals surface area contributed by atoms with Crippen LogP contribution in [0.1, 0.15) is 21.5 Å². The van der Waals surface area contributed by atoms with Gasteiger partial charge in [-0.05, 0) is 65.7 Å². The summed E-state index contributed by atoms with van der Waals surface area (Å²) in [7, 11) is 3.10. The molecule has 1 amide bonds. The molecule has 0 aromatic heterocycles. The van der Waals surface area contributed by atoms with Gasteiger partial charge in [0.05, 0.1) is 20.4 Å². The maximum absolute atomic E-state index is 12.1. The molecule has 3 aromatic carbocycles. The minimum Gasteiger partial charge on any atom is -0.493 e. The number of benzene rings is 3. The third-order valence-corrected chi connectivity index (χ3v) is 4.33. The number of nitrogens with one attached hydrogen (secondary N) is 1. The van der Waals surface area contributed by atoms with Crippen LogP contribution in [0.2, 0.25) is 0 Å². The topological polar surface area (TPSA) is 86.2 Å². The third kappa shape index (κ3) is 6.30. The molecule has 0 spiro atoms. The summed E-state index contributed by atoms with van der Waals surface area (Å²) in [5, 5.41) is 3.94. The highest BCUT2D eigenvalue weighted by atomic mass is 16.5. The average molecular weight is 430 g/mol. The lowest BCUT2D eigenvalue weighted by atomic mass is 10.2. The Morgan fingerprint density at radius 1 is 0.844 bits per heavy atom. The van der Waals surface area contributed by atoms with Crippen LogP contribution in [0.3, 0.4) is 0 Å². The van der Waals surface area contributed by atoms with Crippen LogP contribution in [-0.2, 0) is 4.79 Å². The minimum atomic E-state index is -0.517. The fourth-order valence-electron chi connectivity index (χ4n) is 2.71. The van der Waals surface area contributed by atoms with Gasteiger partial charge in [0.1, 0.15) is 5.75 Å². The first-order chi connectivity index (χ1) is 15.6. The Morgan fingerprint density at radius 2 is 1.53 bits per heavy atom. The van der Waals surface area contributed by atoms with E-state index in [2.05, 4.69) is 10.5 Å². The van der Waals surface area contributed by atoms with E-state index < -0.39 is 5.97 Å². The monoisotopic (exact) mass is 430 g/mol. The van der Waals surface area contributed by atoms with Gasteiger partial charge in [0.2, 0.25) is 0 Å². The number of methoxy groups -OCH3 is 2. The standard InChI is InChI=1S/C25H22N2O5/c1-30-22-14-10-18(16-23(22)31-2)11-15-24(28)32-21-12-8-19(9-13-21)17-26-27-25(29)20-6-4-3-5-7-20/h3-17H,1-2H3,(H,27,29)/b15-11+,26-17+. The van der Waals surface area contributed by atoms with Crippen LogP contribution in [0.15, 0.2) is 84.0 Å². The minimum absolute atomic E-state index is 0.298. The van der Waals surface area contributed by atoms with E-state index in [-0.39, 0.29) is 5.91 Å². The number of carbonyl (C=O) groups is 2. The summed E-state index contributed by atoms with van der Waals surface area (Å²) in [4.78, 5) is 24.0. The summed E-state index contributed by atoms with van der Waals surface area (Å²) in [5.41, 5.74) is 4.48. The number of carbonyl (C=O) groups excluding carboxylic acids is 2. The highest BCUT2D eigenvalue weighted by molar-refractivity contribution is 5.94. The first-order valence-corrected chi connectivity index (χ1v) is 9.69. The van der Waals surface area contributed by atoms with Crippen LogP contribution >= 0.6 is 0 Å². The molecule has 0 aliphatic carbocycles. The number of hydrogen-bond acceptors (Lipinski definition) is 6. The number of esters is 1. The maximum atomic E-state index is 12.1. The smallest absolute Gasteiger partial charge is 0.336 e. The predicted octanol–water partition coefficient (Wildman–Crippen LogP) is 4.09. The van der Waals surface area contributed by atoms with Crippen molar-refractivity contribution in [3.63, 3.8) is 0 Å². The molecule has 0 radical (unpaired) electrons. The number of amides is 1. The van der Waals surface area contributed by atoms with Crippen molar-refractivity contribution in [2.45, 2.75) is 0 Å². The Kier molecular flexibility index (Phi) is 7.75. The number of rotatable bonds is 8. The van der Waals surface area contributed by atoms with Gasteiger partial charge in [-0.3, -0.25) is 4.79 Å². The lowest BCUT2D eigenvalue weighted by molar-refractivity contribution is -0.128.